The Bertz CT molecular complexity index is 952. The Kier molecular flexibility index (Phi) is 8.40. The summed E-state index contributed by atoms with van der Waals surface area (Å²) in [6.07, 6.45) is 0. The third kappa shape index (κ3) is 6.17. The molecule has 0 radical (unpaired) electrons. The first-order valence-corrected chi connectivity index (χ1v) is 10.8. The lowest BCUT2D eigenvalue weighted by Crippen LogP contribution is -2.37. The number of anilines is 1. The molecule has 1 heterocycles. The zero-order valence-electron chi connectivity index (χ0n) is 17.5. The van der Waals surface area contributed by atoms with Gasteiger partial charge in [0, 0.05) is 23.6 Å². The Hall–Kier alpha value is -2.72. The number of benzene rings is 2. The molecule has 0 spiro atoms. The fraction of sp³-hybridized carbons (Fsp3) is 0.364. The molecule has 0 N–H and O–H groups in total. The fourth-order valence-corrected chi connectivity index (χ4v) is 3.43. The first kappa shape index (κ1) is 23.9. The van der Waals surface area contributed by atoms with Gasteiger partial charge >= 0.3 is 5.97 Å². The van der Waals surface area contributed by atoms with E-state index in [1.807, 2.05) is 0 Å². The van der Waals surface area contributed by atoms with Crippen LogP contribution in [0.2, 0.25) is 0 Å². The van der Waals surface area contributed by atoms with Gasteiger partial charge in [-0.1, -0.05) is 32.5 Å². The van der Waals surface area contributed by atoms with E-state index < -0.39 is 24.3 Å². The van der Waals surface area contributed by atoms with Crippen molar-refractivity contribution in [1.29, 1.82) is 0 Å². The van der Waals surface area contributed by atoms with Crippen molar-refractivity contribution in [3.8, 4) is 5.75 Å². The predicted octanol–water partition coefficient (Wildman–Crippen LogP) is 3.89. The van der Waals surface area contributed by atoms with Gasteiger partial charge in [0.1, 0.15) is 11.6 Å². The molecule has 1 aliphatic heterocycles. The lowest BCUT2D eigenvalue weighted by molar-refractivity contribution is -0.145. The van der Waals surface area contributed by atoms with Crippen LogP contribution in [0.4, 0.5) is 14.6 Å². The minimum absolute atomic E-state index is 0.0246. The maximum Gasteiger partial charge on any atom is 0.344 e. The van der Waals surface area contributed by atoms with Crippen molar-refractivity contribution < 1.29 is 32.7 Å². The maximum atomic E-state index is 14.8. The number of morpholine rings is 1. The van der Waals surface area contributed by atoms with E-state index in [2.05, 4.69) is 15.9 Å². The first-order valence-electron chi connectivity index (χ1n) is 10.1. The summed E-state index contributed by atoms with van der Waals surface area (Å²) in [6.45, 7) is 2.58. The number of esters is 1. The molecule has 0 atom stereocenters. The molecule has 2 aromatic carbocycles. The average molecular weight is 513 g/mol. The van der Waals surface area contributed by atoms with E-state index in [1.54, 1.807) is 36.1 Å². The number of halogens is 3. The van der Waals surface area contributed by atoms with Crippen LogP contribution in [0.1, 0.15) is 22.8 Å². The molecular weight excluding hydrogens is 490 g/mol. The third-order valence-corrected chi connectivity index (χ3v) is 5.27. The Morgan fingerprint density at radius 1 is 1.19 bits per heavy atom. The van der Waals surface area contributed by atoms with E-state index in [4.69, 9.17) is 14.2 Å². The van der Waals surface area contributed by atoms with Crippen molar-refractivity contribution >= 4 is 33.5 Å². The number of hydrogen-bond acceptors (Lipinski definition) is 6. The highest BCUT2D eigenvalue weighted by Gasteiger charge is 2.26. The van der Waals surface area contributed by atoms with Crippen LogP contribution in [0.25, 0.3) is 0 Å². The van der Waals surface area contributed by atoms with E-state index in [0.29, 0.717) is 31.9 Å². The minimum Gasteiger partial charge on any atom is -0.481 e. The van der Waals surface area contributed by atoms with Gasteiger partial charge < -0.3 is 19.1 Å². The summed E-state index contributed by atoms with van der Waals surface area (Å²) in [7, 11) is 0. The van der Waals surface area contributed by atoms with Crippen molar-refractivity contribution in [3.05, 3.63) is 57.8 Å². The normalized spacial score (nSPS) is 13.6. The number of ether oxygens (including phenoxy) is 3. The van der Waals surface area contributed by atoms with Gasteiger partial charge in [-0.2, -0.15) is 5.12 Å². The van der Waals surface area contributed by atoms with Crippen LogP contribution in [-0.4, -0.2) is 56.5 Å². The van der Waals surface area contributed by atoms with Crippen LogP contribution >= 0.6 is 15.9 Å². The van der Waals surface area contributed by atoms with Crippen LogP contribution in [0.5, 0.6) is 5.75 Å². The van der Waals surface area contributed by atoms with Gasteiger partial charge in [0.15, 0.2) is 6.61 Å². The van der Waals surface area contributed by atoms with Gasteiger partial charge in [-0.05, 0) is 30.7 Å². The van der Waals surface area contributed by atoms with Gasteiger partial charge in [0.05, 0.1) is 37.6 Å². The van der Waals surface area contributed by atoms with Crippen molar-refractivity contribution in [1.82, 2.24) is 5.12 Å². The van der Waals surface area contributed by atoms with Gasteiger partial charge in [-0.3, -0.25) is 4.79 Å². The van der Waals surface area contributed by atoms with E-state index >= 15 is 0 Å². The third-order valence-electron chi connectivity index (χ3n) is 4.74. The number of amides is 1. The summed E-state index contributed by atoms with van der Waals surface area (Å²) >= 11 is 3.30. The van der Waals surface area contributed by atoms with E-state index in [9.17, 15) is 18.5 Å². The molecule has 10 heteroatoms. The summed E-state index contributed by atoms with van der Waals surface area (Å²) in [5.74, 6) is -2.59. The molecular formula is C22H23BrF2N2O5. The summed E-state index contributed by atoms with van der Waals surface area (Å²) in [5.41, 5.74) is 0.502. The number of carbonyl (C=O) groups excluding carboxylic acids is 2. The second-order valence-corrected chi connectivity index (χ2v) is 7.86. The predicted molar refractivity (Wildman–Crippen MR) is 117 cm³/mol. The number of nitrogens with zero attached hydrogens (tertiary/aromatic N) is 2. The molecule has 1 aliphatic rings. The minimum atomic E-state index is -1.01. The van der Waals surface area contributed by atoms with Crippen LogP contribution in [0.15, 0.2) is 40.9 Å². The van der Waals surface area contributed by atoms with E-state index in [-0.39, 0.29) is 35.3 Å². The first-order chi connectivity index (χ1) is 15.4. The highest BCUT2D eigenvalue weighted by molar-refractivity contribution is 9.10. The zero-order chi connectivity index (χ0) is 23.1. The van der Waals surface area contributed by atoms with Crippen LogP contribution in [-0.2, 0) is 20.8 Å². The summed E-state index contributed by atoms with van der Waals surface area (Å²) in [4.78, 5) is 26.3. The number of rotatable bonds is 8. The molecule has 0 saturated carbocycles. The summed E-state index contributed by atoms with van der Waals surface area (Å²) < 4.78 is 45.9. The zero-order valence-corrected chi connectivity index (χ0v) is 19.1. The van der Waals surface area contributed by atoms with Crippen molar-refractivity contribution in [2.45, 2.75) is 13.5 Å². The lowest BCUT2D eigenvalue weighted by Gasteiger charge is -2.30. The van der Waals surface area contributed by atoms with E-state index in [0.717, 1.165) is 10.5 Å². The molecule has 0 bridgehead atoms. The smallest absolute Gasteiger partial charge is 0.344 e. The average Bonchev–Trinajstić information content (AvgIpc) is 2.79. The second-order valence-electron chi connectivity index (χ2n) is 6.94. The van der Waals surface area contributed by atoms with E-state index in [1.165, 1.54) is 6.07 Å². The SMILES string of the molecule is CCOC(=O)COc1cc(F)c(N2CCOCC2)cc1C(=O)N(F)Cc1ccc(Br)cc1. The molecule has 32 heavy (non-hydrogen) atoms. The molecule has 1 saturated heterocycles. The molecule has 3 rings (SSSR count). The van der Waals surface area contributed by atoms with Gasteiger partial charge in [0.2, 0.25) is 0 Å². The quantitative estimate of drug-likeness (QED) is 0.394. The second kappa shape index (κ2) is 11.2. The topological polar surface area (TPSA) is 68.3 Å². The van der Waals surface area contributed by atoms with Gasteiger partial charge in [0.25, 0.3) is 5.91 Å². The Morgan fingerprint density at radius 3 is 2.53 bits per heavy atom. The molecule has 7 nitrogen and oxygen atoms in total. The van der Waals surface area contributed by atoms with Crippen LogP contribution < -0.4 is 9.64 Å². The highest BCUT2D eigenvalue weighted by Crippen LogP contribution is 2.31. The Morgan fingerprint density at radius 2 is 1.88 bits per heavy atom. The maximum absolute atomic E-state index is 14.8. The molecule has 2 aromatic rings. The highest BCUT2D eigenvalue weighted by atomic mass is 79.9. The molecule has 172 valence electrons. The molecule has 1 amide bonds. The van der Waals surface area contributed by atoms with Crippen molar-refractivity contribution in [2.75, 3.05) is 44.4 Å². The van der Waals surface area contributed by atoms with Crippen LogP contribution in [0, 0.1) is 5.82 Å². The molecule has 0 aromatic heterocycles. The molecule has 0 unspecified atom stereocenters. The Balaban J connectivity index is 1.88. The largest absolute Gasteiger partial charge is 0.481 e. The molecule has 1 fully saturated rings. The fourth-order valence-electron chi connectivity index (χ4n) is 3.17. The monoisotopic (exact) mass is 512 g/mol. The standard InChI is InChI=1S/C22H23BrF2N2O5/c1-2-31-21(28)14-32-20-12-18(24)19(26-7-9-30-10-8-26)11-17(20)22(29)27(25)13-15-3-5-16(23)6-4-15/h3-6,11-12H,2,7-10,13-14H2,1H3. The summed E-state index contributed by atoms with van der Waals surface area (Å²) in [5, 5.41) is 0.0246. The van der Waals surface area contributed by atoms with Gasteiger partial charge in [-0.15, -0.1) is 0 Å². The van der Waals surface area contributed by atoms with Gasteiger partial charge in [-0.25, -0.2) is 9.18 Å². The van der Waals surface area contributed by atoms with Crippen molar-refractivity contribution in [2.24, 2.45) is 0 Å². The lowest BCUT2D eigenvalue weighted by atomic mass is 10.1. The Labute approximate surface area is 192 Å². The number of hydrogen-bond donors (Lipinski definition) is 0. The van der Waals surface area contributed by atoms with Crippen LogP contribution in [0.3, 0.4) is 0 Å². The summed E-state index contributed by atoms with van der Waals surface area (Å²) in [6, 6.07) is 9.05. The van der Waals surface area contributed by atoms with Crippen molar-refractivity contribution in [3.63, 3.8) is 0 Å². The molecule has 0 aliphatic carbocycles. The number of carbonyl (C=O) groups is 2.